The lowest BCUT2D eigenvalue weighted by atomic mass is 10.1. The molecule has 0 aliphatic carbocycles. The maximum Gasteiger partial charge on any atom is 0.169 e. The number of imidazole rings is 1. The predicted octanol–water partition coefficient (Wildman–Crippen LogP) is 4.97. The molecule has 0 unspecified atom stereocenters. The van der Waals surface area contributed by atoms with Gasteiger partial charge in [-0.3, -0.25) is 4.79 Å². The Labute approximate surface area is 158 Å². The minimum Gasteiger partial charge on any atom is -0.493 e. The number of carbonyl (C=O) groups is 1. The van der Waals surface area contributed by atoms with E-state index in [9.17, 15) is 4.79 Å². The topological polar surface area (TPSA) is 44.1 Å². The van der Waals surface area contributed by atoms with Gasteiger partial charge in [0, 0.05) is 5.75 Å². The van der Waals surface area contributed by atoms with Crippen molar-refractivity contribution < 1.29 is 9.53 Å². The van der Waals surface area contributed by atoms with Crippen molar-refractivity contribution in [1.29, 1.82) is 0 Å². The smallest absolute Gasteiger partial charge is 0.169 e. The van der Waals surface area contributed by atoms with Crippen LogP contribution in [0.25, 0.3) is 11.0 Å². The van der Waals surface area contributed by atoms with Crippen LogP contribution in [0.1, 0.15) is 31.0 Å². The molecule has 0 bridgehead atoms. The highest BCUT2D eigenvalue weighted by Gasteiger charge is 2.19. The molecule has 3 rings (SSSR count). The van der Waals surface area contributed by atoms with Crippen LogP contribution >= 0.6 is 11.8 Å². The highest BCUT2D eigenvalue weighted by Crippen LogP contribution is 2.28. The zero-order chi connectivity index (χ0) is 18.7. The molecule has 0 saturated carbocycles. The fourth-order valence-corrected chi connectivity index (χ4v) is 3.90. The number of hydrogen-bond donors (Lipinski definition) is 0. The average molecular weight is 369 g/mol. The fourth-order valence-electron chi connectivity index (χ4n) is 2.99. The Morgan fingerprint density at radius 3 is 2.58 bits per heavy atom. The van der Waals surface area contributed by atoms with Crippen molar-refractivity contribution in [2.45, 2.75) is 38.9 Å². The van der Waals surface area contributed by atoms with Crippen molar-refractivity contribution in [3.05, 3.63) is 53.6 Å². The van der Waals surface area contributed by atoms with E-state index in [2.05, 4.69) is 19.9 Å². The van der Waals surface area contributed by atoms with E-state index in [1.54, 1.807) is 18.7 Å². The number of ketones is 1. The minimum atomic E-state index is -0.231. The molecule has 1 heterocycles. The Morgan fingerprint density at radius 2 is 1.88 bits per heavy atom. The lowest BCUT2D eigenvalue weighted by Crippen LogP contribution is -2.14. The molecule has 0 fully saturated rings. The summed E-state index contributed by atoms with van der Waals surface area (Å²) in [6.45, 7) is 8.27. The van der Waals surface area contributed by atoms with Crippen molar-refractivity contribution in [1.82, 2.24) is 9.55 Å². The number of thioether (sulfide) groups is 1. The molecule has 0 radical (unpaired) electrons. The van der Waals surface area contributed by atoms with Gasteiger partial charge >= 0.3 is 0 Å². The van der Waals surface area contributed by atoms with Gasteiger partial charge in [0.25, 0.3) is 0 Å². The minimum absolute atomic E-state index is 0.126. The van der Waals surface area contributed by atoms with E-state index >= 15 is 0 Å². The van der Waals surface area contributed by atoms with Crippen LogP contribution in [0.3, 0.4) is 0 Å². The van der Waals surface area contributed by atoms with Gasteiger partial charge in [-0.25, -0.2) is 4.98 Å². The monoisotopic (exact) mass is 368 g/mol. The number of hydrogen-bond acceptors (Lipinski definition) is 4. The summed E-state index contributed by atoms with van der Waals surface area (Å²) in [5, 5.41) is 0.859. The Kier molecular flexibility index (Phi) is 5.67. The number of aryl methyl sites for hydroxylation is 2. The first-order valence-corrected chi connectivity index (χ1v) is 9.75. The molecule has 5 heteroatoms. The van der Waals surface area contributed by atoms with Gasteiger partial charge in [-0.2, -0.15) is 0 Å². The van der Waals surface area contributed by atoms with E-state index in [-0.39, 0.29) is 11.8 Å². The van der Waals surface area contributed by atoms with E-state index in [1.807, 2.05) is 47.9 Å². The van der Waals surface area contributed by atoms with Crippen LogP contribution in [0.4, 0.5) is 0 Å². The van der Waals surface area contributed by atoms with Crippen molar-refractivity contribution >= 4 is 28.6 Å². The summed E-state index contributed by atoms with van der Waals surface area (Å²) in [6.07, 6.45) is 0. The quantitative estimate of drug-likeness (QED) is 0.436. The van der Waals surface area contributed by atoms with E-state index in [0.717, 1.165) is 27.7 Å². The molecule has 0 spiro atoms. The number of para-hydroxylation sites is 2. The predicted molar refractivity (Wildman–Crippen MR) is 107 cm³/mol. The van der Waals surface area contributed by atoms with Crippen LogP contribution in [-0.4, -0.2) is 27.7 Å². The number of ether oxygens (including phenoxy) is 1. The summed E-state index contributed by atoms with van der Waals surface area (Å²) >= 11 is 1.62. The van der Waals surface area contributed by atoms with Gasteiger partial charge in [-0.1, -0.05) is 30.0 Å². The SMILES string of the molecule is CC(=O)[C@H](C)n1c(SCCOc2cc(C)cc(C)c2)nc2ccccc21. The first-order valence-electron chi connectivity index (χ1n) is 8.77. The third-order valence-electron chi connectivity index (χ3n) is 4.32. The van der Waals surface area contributed by atoms with Gasteiger partial charge in [-0.05, 0) is 63.1 Å². The van der Waals surface area contributed by atoms with Gasteiger partial charge in [0.15, 0.2) is 10.9 Å². The molecule has 3 aromatic rings. The summed E-state index contributed by atoms with van der Waals surface area (Å²) in [4.78, 5) is 16.6. The molecule has 4 nitrogen and oxygen atoms in total. The number of benzene rings is 2. The van der Waals surface area contributed by atoms with Gasteiger partial charge in [0.1, 0.15) is 5.75 Å². The van der Waals surface area contributed by atoms with Crippen molar-refractivity contribution in [2.24, 2.45) is 0 Å². The van der Waals surface area contributed by atoms with E-state index in [4.69, 9.17) is 9.72 Å². The fraction of sp³-hybridized carbons (Fsp3) is 0.333. The summed E-state index contributed by atoms with van der Waals surface area (Å²) in [5.41, 5.74) is 4.31. The second-order valence-electron chi connectivity index (χ2n) is 6.56. The number of aromatic nitrogens is 2. The van der Waals surface area contributed by atoms with Gasteiger partial charge in [-0.15, -0.1) is 0 Å². The third-order valence-corrected chi connectivity index (χ3v) is 5.23. The number of fused-ring (bicyclic) bond motifs is 1. The molecule has 0 saturated heterocycles. The molecule has 0 amide bonds. The lowest BCUT2D eigenvalue weighted by molar-refractivity contribution is -0.119. The highest BCUT2D eigenvalue weighted by molar-refractivity contribution is 7.99. The van der Waals surface area contributed by atoms with Gasteiger partial charge < -0.3 is 9.30 Å². The number of nitrogens with zero attached hydrogens (tertiary/aromatic N) is 2. The Bertz CT molecular complexity index is 913. The lowest BCUT2D eigenvalue weighted by Gasteiger charge is -2.14. The maximum atomic E-state index is 11.9. The number of Topliss-reactive ketones (excluding diaryl/α,β-unsaturated/α-hetero) is 1. The standard InChI is InChI=1S/C21H24N2O2S/c1-14-11-15(2)13-18(12-14)25-9-10-26-21-22-19-7-5-6-8-20(19)23(21)16(3)17(4)24/h5-8,11-13,16H,9-10H2,1-4H3/t16-/m0/s1. The van der Waals surface area contributed by atoms with Crippen molar-refractivity contribution in [3.63, 3.8) is 0 Å². The van der Waals surface area contributed by atoms with Crippen molar-refractivity contribution in [2.75, 3.05) is 12.4 Å². The van der Waals surface area contributed by atoms with Crippen LogP contribution in [0.15, 0.2) is 47.6 Å². The first kappa shape index (κ1) is 18.5. The molecular formula is C21H24N2O2S. The molecule has 0 N–H and O–H groups in total. The summed E-state index contributed by atoms with van der Waals surface area (Å²) < 4.78 is 7.91. The largest absolute Gasteiger partial charge is 0.493 e. The highest BCUT2D eigenvalue weighted by atomic mass is 32.2. The number of carbonyl (C=O) groups excluding carboxylic acids is 1. The molecule has 2 aromatic carbocycles. The molecule has 1 aromatic heterocycles. The Balaban J connectivity index is 1.72. The van der Waals surface area contributed by atoms with Gasteiger partial charge in [0.2, 0.25) is 0 Å². The molecule has 26 heavy (non-hydrogen) atoms. The van der Waals surface area contributed by atoms with E-state index in [0.29, 0.717) is 6.61 Å². The van der Waals surface area contributed by atoms with Crippen LogP contribution in [0.5, 0.6) is 5.75 Å². The Morgan fingerprint density at radius 1 is 1.19 bits per heavy atom. The Hall–Kier alpha value is -2.27. The van der Waals surface area contributed by atoms with E-state index < -0.39 is 0 Å². The van der Waals surface area contributed by atoms with E-state index in [1.165, 1.54) is 11.1 Å². The molecule has 0 aliphatic rings. The molecule has 136 valence electrons. The summed E-state index contributed by atoms with van der Waals surface area (Å²) in [7, 11) is 0. The summed E-state index contributed by atoms with van der Waals surface area (Å²) in [5.74, 6) is 1.79. The second-order valence-corrected chi connectivity index (χ2v) is 7.62. The van der Waals surface area contributed by atoms with Crippen LogP contribution in [0, 0.1) is 13.8 Å². The molecule has 0 aliphatic heterocycles. The second kappa shape index (κ2) is 7.96. The first-order chi connectivity index (χ1) is 12.5. The summed E-state index contributed by atoms with van der Waals surface area (Å²) in [6, 6.07) is 13.9. The average Bonchev–Trinajstić information content (AvgIpc) is 2.95. The zero-order valence-corrected chi connectivity index (χ0v) is 16.5. The number of rotatable bonds is 7. The van der Waals surface area contributed by atoms with Crippen LogP contribution in [0.2, 0.25) is 0 Å². The normalized spacial score (nSPS) is 12.3. The third kappa shape index (κ3) is 4.10. The van der Waals surface area contributed by atoms with Crippen LogP contribution < -0.4 is 4.74 Å². The molecule has 1 atom stereocenters. The van der Waals surface area contributed by atoms with Gasteiger partial charge in [0.05, 0.1) is 23.7 Å². The van der Waals surface area contributed by atoms with Crippen LogP contribution in [-0.2, 0) is 4.79 Å². The maximum absolute atomic E-state index is 11.9. The zero-order valence-electron chi connectivity index (χ0n) is 15.7. The molecular weight excluding hydrogens is 344 g/mol. The van der Waals surface area contributed by atoms with Crippen molar-refractivity contribution in [3.8, 4) is 5.75 Å².